The molecule has 0 amide bonds. The Morgan fingerprint density at radius 3 is 2.46 bits per heavy atom. The first-order valence-corrected chi connectivity index (χ1v) is 12.5. The summed E-state index contributed by atoms with van der Waals surface area (Å²) in [5, 5.41) is 13.1. The summed E-state index contributed by atoms with van der Waals surface area (Å²) in [6.45, 7) is 0.613. The van der Waals surface area contributed by atoms with Crippen molar-refractivity contribution in [2.45, 2.75) is 44.6 Å². The number of hydrogen-bond acceptors (Lipinski definition) is 4. The molecule has 1 heterocycles. The maximum atomic E-state index is 13.6. The average Bonchev–Trinajstić information content (AvgIpc) is 3.57. The van der Waals surface area contributed by atoms with E-state index in [1.807, 2.05) is 12.1 Å². The lowest BCUT2D eigenvalue weighted by Gasteiger charge is -2.29. The zero-order valence-corrected chi connectivity index (χ0v) is 19.7. The number of aliphatic carboxylic acids is 1. The molecule has 0 spiro atoms. The summed E-state index contributed by atoms with van der Waals surface area (Å²) in [5.74, 6) is 0.251. The Labute approximate surface area is 205 Å². The van der Waals surface area contributed by atoms with Crippen LogP contribution in [-0.4, -0.2) is 17.1 Å². The van der Waals surface area contributed by atoms with Crippen LogP contribution in [0.25, 0.3) is 11.1 Å². The van der Waals surface area contributed by atoms with E-state index >= 15 is 0 Å². The third kappa shape index (κ3) is 5.09. The largest absolute Gasteiger partial charge is 0.488 e. The van der Waals surface area contributed by atoms with Crippen LogP contribution in [0.5, 0.6) is 5.75 Å². The van der Waals surface area contributed by atoms with Crippen LogP contribution in [0, 0.1) is 17.8 Å². The molecule has 8 heteroatoms. The molecule has 0 saturated heterocycles. The highest BCUT2D eigenvalue weighted by Crippen LogP contribution is 2.48. The first-order valence-electron chi connectivity index (χ1n) is 11.7. The summed E-state index contributed by atoms with van der Waals surface area (Å²) in [5.41, 5.74) is 1.70. The van der Waals surface area contributed by atoms with Crippen LogP contribution in [0.2, 0.25) is 0 Å². The fourth-order valence-electron chi connectivity index (χ4n) is 5.59. The van der Waals surface area contributed by atoms with E-state index in [-0.39, 0.29) is 30.0 Å². The van der Waals surface area contributed by atoms with Gasteiger partial charge in [-0.3, -0.25) is 4.79 Å². The second-order valence-corrected chi connectivity index (χ2v) is 10.5. The molecular formula is C27H26F3NO3S. The molecule has 184 valence electrons. The summed E-state index contributed by atoms with van der Waals surface area (Å²) < 4.78 is 46.5. The topological polar surface area (TPSA) is 58.6 Å². The monoisotopic (exact) mass is 501 g/mol. The third-order valence-corrected chi connectivity index (χ3v) is 8.33. The molecule has 2 saturated carbocycles. The Bertz CT molecular complexity index is 1180. The summed E-state index contributed by atoms with van der Waals surface area (Å²) >= 11 is 0.706. The molecule has 3 aromatic rings. The number of fused-ring (bicyclic) bond motifs is 2. The van der Waals surface area contributed by atoms with Gasteiger partial charge in [-0.05, 0) is 60.4 Å². The van der Waals surface area contributed by atoms with Gasteiger partial charge < -0.3 is 15.2 Å². The number of ether oxygens (including phenoxy) is 1. The van der Waals surface area contributed by atoms with E-state index in [2.05, 4.69) is 5.32 Å². The van der Waals surface area contributed by atoms with Gasteiger partial charge in [0.15, 0.2) is 0 Å². The minimum atomic E-state index is -4.43. The van der Waals surface area contributed by atoms with E-state index < -0.39 is 17.0 Å². The minimum Gasteiger partial charge on any atom is -0.488 e. The van der Waals surface area contributed by atoms with Crippen LogP contribution in [0.3, 0.4) is 0 Å². The van der Waals surface area contributed by atoms with E-state index in [1.54, 1.807) is 48.5 Å². The molecular weight excluding hydrogens is 475 g/mol. The lowest BCUT2D eigenvalue weighted by molar-refractivity contribution is -0.144. The standard InChI is InChI=1S/C27H26F3NO3S/c28-27(29,30)25-22(17-4-2-1-3-5-17)13-21(35-25)15-34-20-10-6-16(7-11-20)14-31-24-19-9-8-18(12-19)23(24)26(32)33/h1-7,10-11,13,18-19,23-24,31H,8-9,12,14-15H2,(H,32,33)/t18?,19?,23-,24+/m1/s1. The van der Waals surface area contributed by atoms with Crippen molar-refractivity contribution >= 4 is 17.3 Å². The van der Waals surface area contributed by atoms with Gasteiger partial charge in [0.05, 0.1) is 5.92 Å². The van der Waals surface area contributed by atoms with Gasteiger partial charge in [-0.1, -0.05) is 42.5 Å². The SMILES string of the molecule is O=C(O)[C@@H]1C2CCC(C2)[C@@H]1NCc1ccc(OCc2cc(-c3ccccc3)c(C(F)(F)F)s2)cc1. The van der Waals surface area contributed by atoms with Gasteiger partial charge >= 0.3 is 12.1 Å². The number of thiophene rings is 1. The maximum absolute atomic E-state index is 13.6. The average molecular weight is 502 g/mol. The van der Waals surface area contributed by atoms with Crippen LogP contribution in [-0.2, 0) is 24.1 Å². The number of benzene rings is 2. The molecule has 4 atom stereocenters. The summed E-state index contributed by atoms with van der Waals surface area (Å²) in [6.07, 6.45) is -1.34. The molecule has 2 N–H and O–H groups in total. The number of nitrogens with one attached hydrogen (secondary N) is 1. The molecule has 1 aromatic heterocycles. The molecule has 2 unspecified atom stereocenters. The molecule has 2 aromatic carbocycles. The van der Waals surface area contributed by atoms with E-state index in [0.29, 0.717) is 40.0 Å². The van der Waals surface area contributed by atoms with Crippen molar-refractivity contribution in [1.82, 2.24) is 5.32 Å². The number of carboxylic acid groups (broad SMARTS) is 1. The fourth-order valence-corrected chi connectivity index (χ4v) is 6.55. The highest BCUT2D eigenvalue weighted by molar-refractivity contribution is 7.12. The second-order valence-electron chi connectivity index (χ2n) is 9.36. The number of halogens is 3. The predicted octanol–water partition coefficient (Wildman–Crippen LogP) is 6.60. The molecule has 4 nitrogen and oxygen atoms in total. The Hall–Kier alpha value is -2.84. The van der Waals surface area contributed by atoms with Crippen molar-refractivity contribution in [3.8, 4) is 16.9 Å². The van der Waals surface area contributed by atoms with Gasteiger partial charge in [-0.2, -0.15) is 13.2 Å². The zero-order valence-electron chi connectivity index (χ0n) is 18.9. The van der Waals surface area contributed by atoms with Crippen LogP contribution < -0.4 is 10.1 Å². The summed E-state index contributed by atoms with van der Waals surface area (Å²) in [7, 11) is 0. The Morgan fingerprint density at radius 2 is 1.77 bits per heavy atom. The molecule has 35 heavy (non-hydrogen) atoms. The first kappa shape index (κ1) is 23.9. The summed E-state index contributed by atoms with van der Waals surface area (Å²) in [4.78, 5) is 11.6. The molecule has 5 rings (SSSR count). The zero-order chi connectivity index (χ0) is 24.6. The Balaban J connectivity index is 1.21. The van der Waals surface area contributed by atoms with Crippen LogP contribution in [0.4, 0.5) is 13.2 Å². The van der Waals surface area contributed by atoms with Gasteiger partial charge in [-0.25, -0.2) is 0 Å². The normalized spacial score (nSPS) is 23.5. The first-order chi connectivity index (χ1) is 16.8. The van der Waals surface area contributed by atoms with Crippen molar-refractivity contribution in [1.29, 1.82) is 0 Å². The van der Waals surface area contributed by atoms with Gasteiger partial charge in [-0.15, -0.1) is 11.3 Å². The van der Waals surface area contributed by atoms with Crippen LogP contribution in [0.1, 0.15) is 34.6 Å². The quantitative estimate of drug-likeness (QED) is 0.365. The van der Waals surface area contributed by atoms with Gasteiger partial charge in [0.25, 0.3) is 0 Å². The van der Waals surface area contributed by atoms with Gasteiger partial charge in [0, 0.05) is 23.0 Å². The lowest BCUT2D eigenvalue weighted by atomic mass is 9.84. The third-order valence-electron chi connectivity index (χ3n) is 7.17. The summed E-state index contributed by atoms with van der Waals surface area (Å²) in [6, 6.07) is 17.5. The van der Waals surface area contributed by atoms with Crippen LogP contribution >= 0.6 is 11.3 Å². The predicted molar refractivity (Wildman–Crippen MR) is 128 cm³/mol. The molecule has 2 bridgehead atoms. The van der Waals surface area contributed by atoms with Crippen molar-refractivity contribution in [2.75, 3.05) is 0 Å². The Morgan fingerprint density at radius 1 is 1.06 bits per heavy atom. The maximum Gasteiger partial charge on any atom is 0.426 e. The van der Waals surface area contributed by atoms with Crippen molar-refractivity contribution < 1.29 is 27.8 Å². The highest BCUT2D eigenvalue weighted by Gasteiger charge is 2.50. The van der Waals surface area contributed by atoms with Gasteiger partial charge in [0.1, 0.15) is 17.2 Å². The van der Waals surface area contributed by atoms with E-state index in [1.165, 1.54) is 0 Å². The second kappa shape index (κ2) is 9.66. The molecule has 2 aliphatic carbocycles. The fraction of sp³-hybridized carbons (Fsp3) is 0.370. The minimum absolute atomic E-state index is 0.00245. The number of alkyl halides is 3. The van der Waals surface area contributed by atoms with Crippen molar-refractivity contribution in [2.24, 2.45) is 17.8 Å². The van der Waals surface area contributed by atoms with Crippen molar-refractivity contribution in [3.05, 3.63) is 76.0 Å². The van der Waals surface area contributed by atoms with Gasteiger partial charge in [0.2, 0.25) is 0 Å². The highest BCUT2D eigenvalue weighted by atomic mass is 32.1. The molecule has 0 radical (unpaired) electrons. The van der Waals surface area contributed by atoms with E-state index in [0.717, 1.165) is 24.8 Å². The van der Waals surface area contributed by atoms with Crippen molar-refractivity contribution in [3.63, 3.8) is 0 Å². The smallest absolute Gasteiger partial charge is 0.426 e. The van der Waals surface area contributed by atoms with Crippen LogP contribution in [0.15, 0.2) is 60.7 Å². The Kier molecular flexibility index (Phi) is 6.59. The molecule has 2 aliphatic rings. The van der Waals surface area contributed by atoms with E-state index in [9.17, 15) is 23.1 Å². The number of hydrogen-bond donors (Lipinski definition) is 2. The molecule has 0 aliphatic heterocycles. The lowest BCUT2D eigenvalue weighted by Crippen LogP contribution is -2.43. The number of carbonyl (C=O) groups is 1. The van der Waals surface area contributed by atoms with E-state index in [4.69, 9.17) is 4.74 Å². The molecule has 2 fully saturated rings. The number of rotatable bonds is 8. The number of carboxylic acids is 1.